The number of nitrogens with zero attached hydrogens (tertiary/aromatic N) is 3. The lowest BCUT2D eigenvalue weighted by molar-refractivity contribution is -0.143. The summed E-state index contributed by atoms with van der Waals surface area (Å²) >= 11 is 4.77. The Morgan fingerprint density at radius 1 is 1.27 bits per heavy atom. The maximum Gasteiger partial charge on any atom is 0.338 e. The number of furan rings is 1. The fraction of sp³-hybridized carbons (Fsp3) is 0.370. The highest BCUT2D eigenvalue weighted by atomic mass is 79.9. The Kier molecular flexibility index (Phi) is 8.08. The fourth-order valence-corrected chi connectivity index (χ4v) is 5.73. The van der Waals surface area contributed by atoms with Crippen LogP contribution in [0.4, 0.5) is 5.88 Å². The van der Waals surface area contributed by atoms with Crippen molar-refractivity contribution in [2.45, 2.75) is 46.8 Å². The van der Waals surface area contributed by atoms with Crippen molar-refractivity contribution >= 4 is 45.2 Å². The number of anilines is 1. The highest BCUT2D eigenvalue weighted by molar-refractivity contribution is 9.10. The van der Waals surface area contributed by atoms with E-state index in [2.05, 4.69) is 39.7 Å². The van der Waals surface area contributed by atoms with Crippen LogP contribution in [0.3, 0.4) is 0 Å². The highest BCUT2D eigenvalue weighted by Crippen LogP contribution is 2.37. The summed E-state index contributed by atoms with van der Waals surface area (Å²) in [5, 5.41) is 0. The molecule has 0 N–H and O–H groups in total. The first-order valence-electron chi connectivity index (χ1n) is 12.1. The average Bonchev–Trinajstić information content (AvgIpc) is 3.43. The molecule has 0 amide bonds. The Balaban J connectivity index is 1.93. The Morgan fingerprint density at radius 3 is 2.65 bits per heavy atom. The predicted octanol–water partition coefficient (Wildman–Crippen LogP) is 4.40. The van der Waals surface area contributed by atoms with Crippen LogP contribution >= 0.6 is 27.3 Å². The van der Waals surface area contributed by atoms with Crippen molar-refractivity contribution in [2.24, 2.45) is 4.99 Å². The van der Waals surface area contributed by atoms with Crippen molar-refractivity contribution in [3.05, 3.63) is 77.1 Å². The highest BCUT2D eigenvalue weighted by Gasteiger charge is 2.35. The number of allylic oxidation sites excluding steroid dienone is 1. The quantitative estimate of drug-likeness (QED) is 0.363. The van der Waals surface area contributed by atoms with E-state index < -0.39 is 12.0 Å². The van der Waals surface area contributed by atoms with E-state index in [9.17, 15) is 9.59 Å². The zero-order chi connectivity index (χ0) is 26.9. The van der Waals surface area contributed by atoms with Crippen LogP contribution in [0.2, 0.25) is 0 Å². The number of hydrogen-bond acceptors (Lipinski definition) is 8. The average molecular weight is 589 g/mol. The molecule has 0 fully saturated rings. The number of carbonyl (C=O) groups excluding carboxylic acids is 1. The Morgan fingerprint density at radius 2 is 2.00 bits per heavy atom. The van der Waals surface area contributed by atoms with Crippen molar-refractivity contribution in [1.29, 1.82) is 0 Å². The van der Waals surface area contributed by atoms with E-state index in [0.29, 0.717) is 37.7 Å². The third-order valence-corrected chi connectivity index (χ3v) is 7.51. The minimum Gasteiger partial charge on any atom is -0.496 e. The SMILES string of the molecule is CCN(CC)c1ccc(/C=c2\sc3n(c2=O)[C@H](c2cc(Br)ccc2OC)C(C(=O)OC(C)C)=C(C)N=3)o1. The number of esters is 1. The third kappa shape index (κ3) is 5.31. The van der Waals surface area contributed by atoms with E-state index in [0.717, 1.165) is 23.4 Å². The number of fused-ring (bicyclic) bond motifs is 1. The predicted molar refractivity (Wildman–Crippen MR) is 148 cm³/mol. The second kappa shape index (κ2) is 11.1. The largest absolute Gasteiger partial charge is 0.496 e. The number of carbonyl (C=O) groups is 1. The van der Waals surface area contributed by atoms with Gasteiger partial charge in [-0.1, -0.05) is 27.3 Å². The van der Waals surface area contributed by atoms with E-state index in [1.807, 2.05) is 24.3 Å². The summed E-state index contributed by atoms with van der Waals surface area (Å²) in [6.07, 6.45) is 1.39. The summed E-state index contributed by atoms with van der Waals surface area (Å²) in [5.74, 6) is 1.34. The molecule has 1 aliphatic heterocycles. The number of hydrogen-bond donors (Lipinski definition) is 0. The molecule has 37 heavy (non-hydrogen) atoms. The molecule has 1 aromatic carbocycles. The molecule has 0 unspecified atom stereocenters. The van der Waals surface area contributed by atoms with Crippen LogP contribution in [0.15, 0.2) is 60.3 Å². The van der Waals surface area contributed by atoms with Gasteiger partial charge < -0.3 is 18.8 Å². The summed E-state index contributed by atoms with van der Waals surface area (Å²) in [7, 11) is 1.56. The fourth-order valence-electron chi connectivity index (χ4n) is 4.33. The number of ether oxygens (including phenoxy) is 2. The van der Waals surface area contributed by atoms with Gasteiger partial charge in [-0.25, -0.2) is 9.79 Å². The van der Waals surface area contributed by atoms with Crippen molar-refractivity contribution in [2.75, 3.05) is 25.1 Å². The summed E-state index contributed by atoms with van der Waals surface area (Å²) in [5.41, 5.74) is 1.16. The maximum absolute atomic E-state index is 13.8. The lowest BCUT2D eigenvalue weighted by atomic mass is 9.95. The molecule has 10 heteroatoms. The first-order chi connectivity index (χ1) is 17.7. The molecule has 0 radical (unpaired) electrons. The lowest BCUT2D eigenvalue weighted by Gasteiger charge is -2.26. The van der Waals surface area contributed by atoms with Gasteiger partial charge in [-0.15, -0.1) is 0 Å². The number of thiazole rings is 1. The van der Waals surface area contributed by atoms with Crippen molar-refractivity contribution in [3.8, 4) is 5.75 Å². The standard InChI is InChI=1S/C27H30BrN3O5S/c1-7-30(8-2)22-12-10-18(36-22)14-21-25(32)31-24(19-13-17(28)9-11-20(19)34-6)23(26(33)35-15(3)4)16(5)29-27(31)37-21/h9-15,24H,7-8H2,1-6H3/b21-14-/t24-/m1/s1. The minimum atomic E-state index is -0.778. The summed E-state index contributed by atoms with van der Waals surface area (Å²) in [4.78, 5) is 34.4. The first-order valence-corrected chi connectivity index (χ1v) is 13.7. The van der Waals surface area contributed by atoms with Crippen LogP contribution in [0.1, 0.15) is 52.0 Å². The van der Waals surface area contributed by atoms with Gasteiger partial charge in [0.25, 0.3) is 5.56 Å². The molecular weight excluding hydrogens is 558 g/mol. The lowest BCUT2D eigenvalue weighted by Crippen LogP contribution is -2.40. The van der Waals surface area contributed by atoms with E-state index in [4.69, 9.17) is 13.9 Å². The third-order valence-electron chi connectivity index (χ3n) is 6.03. The van der Waals surface area contributed by atoms with Gasteiger partial charge in [-0.05, 0) is 58.9 Å². The first kappa shape index (κ1) is 26.9. The van der Waals surface area contributed by atoms with Crippen LogP contribution < -0.4 is 24.5 Å². The number of rotatable bonds is 8. The van der Waals surface area contributed by atoms with Gasteiger partial charge in [0, 0.05) is 35.3 Å². The number of aromatic nitrogens is 1. The zero-order valence-corrected chi connectivity index (χ0v) is 24.1. The van der Waals surface area contributed by atoms with Gasteiger partial charge in [-0.3, -0.25) is 9.36 Å². The monoisotopic (exact) mass is 587 g/mol. The molecule has 1 atom stereocenters. The molecule has 3 aromatic rings. The van der Waals surface area contributed by atoms with Gasteiger partial charge >= 0.3 is 5.97 Å². The second-order valence-electron chi connectivity index (χ2n) is 8.77. The Hall–Kier alpha value is -3.11. The molecule has 4 rings (SSSR count). The van der Waals surface area contributed by atoms with Crippen molar-refractivity contribution < 1.29 is 18.7 Å². The maximum atomic E-state index is 13.8. The van der Waals surface area contributed by atoms with E-state index >= 15 is 0 Å². The smallest absolute Gasteiger partial charge is 0.338 e. The van der Waals surface area contributed by atoms with E-state index in [1.54, 1.807) is 44.6 Å². The summed E-state index contributed by atoms with van der Waals surface area (Å²) in [6, 6.07) is 8.46. The Bertz CT molecular complexity index is 1530. The molecule has 0 saturated heterocycles. The minimum absolute atomic E-state index is 0.279. The van der Waals surface area contributed by atoms with Crippen LogP contribution in [0.25, 0.3) is 6.08 Å². The van der Waals surface area contributed by atoms with Crippen LogP contribution in [0, 0.1) is 0 Å². The molecule has 3 heterocycles. The van der Waals surface area contributed by atoms with Crippen LogP contribution in [-0.4, -0.2) is 36.8 Å². The van der Waals surface area contributed by atoms with E-state index in [1.165, 1.54) is 11.3 Å². The molecule has 8 nitrogen and oxygen atoms in total. The molecular formula is C27H30BrN3O5S. The molecule has 0 saturated carbocycles. The molecule has 0 aliphatic carbocycles. The molecule has 0 bridgehead atoms. The van der Waals surface area contributed by atoms with Gasteiger partial charge in [-0.2, -0.15) is 0 Å². The summed E-state index contributed by atoms with van der Waals surface area (Å²) < 4.78 is 20.0. The van der Waals surface area contributed by atoms with Gasteiger partial charge in [0.05, 0.1) is 29.0 Å². The van der Waals surface area contributed by atoms with Gasteiger partial charge in [0.1, 0.15) is 17.6 Å². The molecule has 2 aromatic heterocycles. The Labute approximate surface area is 227 Å². The topological polar surface area (TPSA) is 86.3 Å². The number of benzene rings is 1. The zero-order valence-electron chi connectivity index (χ0n) is 21.7. The van der Waals surface area contributed by atoms with Gasteiger partial charge in [0.2, 0.25) is 0 Å². The van der Waals surface area contributed by atoms with Crippen LogP contribution in [-0.2, 0) is 9.53 Å². The van der Waals surface area contributed by atoms with Crippen molar-refractivity contribution in [1.82, 2.24) is 4.57 Å². The van der Waals surface area contributed by atoms with E-state index in [-0.39, 0.29) is 11.7 Å². The van der Waals surface area contributed by atoms with Crippen molar-refractivity contribution in [3.63, 3.8) is 0 Å². The van der Waals surface area contributed by atoms with Crippen LogP contribution in [0.5, 0.6) is 5.75 Å². The summed E-state index contributed by atoms with van der Waals surface area (Å²) in [6.45, 7) is 11.1. The second-order valence-corrected chi connectivity index (χ2v) is 10.7. The molecule has 1 aliphatic rings. The number of halogens is 1. The molecule has 196 valence electrons. The number of methoxy groups -OCH3 is 1. The molecule has 0 spiro atoms. The normalized spacial score (nSPS) is 15.6. The van der Waals surface area contributed by atoms with Gasteiger partial charge in [0.15, 0.2) is 10.7 Å².